The Bertz CT molecular complexity index is 879. The summed E-state index contributed by atoms with van der Waals surface area (Å²) in [5, 5.41) is 9.23. The molecule has 138 valence electrons. The lowest BCUT2D eigenvalue weighted by atomic mass is 10.0. The highest BCUT2D eigenvalue weighted by molar-refractivity contribution is 5.71. The van der Waals surface area contributed by atoms with E-state index >= 15 is 0 Å². The number of aliphatic hydroxyl groups is 1. The summed E-state index contributed by atoms with van der Waals surface area (Å²) in [6.45, 7) is 5.79. The molecule has 0 saturated carbocycles. The number of piperidine rings is 1. The number of nitrogens with zero attached hydrogens (tertiary/aromatic N) is 4. The van der Waals surface area contributed by atoms with Gasteiger partial charge in [0.25, 0.3) is 5.56 Å². The predicted molar refractivity (Wildman–Crippen MR) is 94.7 cm³/mol. The fraction of sp³-hybridized carbons (Fsp3) is 0.706. The molecule has 1 fully saturated rings. The first-order chi connectivity index (χ1) is 11.9. The third-order valence-corrected chi connectivity index (χ3v) is 5.24. The summed E-state index contributed by atoms with van der Waals surface area (Å²) < 4.78 is 4.46. The molecule has 8 heteroatoms. The second-order valence-corrected chi connectivity index (χ2v) is 7.26. The highest BCUT2D eigenvalue weighted by atomic mass is 16.3. The number of quaternary nitrogens is 1. The number of hydrogen-bond acceptors (Lipinski definition) is 4. The monoisotopic (exact) mass is 350 g/mol. The molecule has 0 aromatic carbocycles. The van der Waals surface area contributed by atoms with Crippen LogP contribution in [0, 0.1) is 5.92 Å². The van der Waals surface area contributed by atoms with Crippen LogP contribution in [0.1, 0.15) is 32.0 Å². The van der Waals surface area contributed by atoms with E-state index in [1.54, 1.807) is 7.05 Å². The van der Waals surface area contributed by atoms with E-state index in [2.05, 4.69) is 11.9 Å². The average molecular weight is 350 g/mol. The lowest BCUT2D eigenvalue weighted by molar-refractivity contribution is -0.922. The summed E-state index contributed by atoms with van der Waals surface area (Å²) in [4.78, 5) is 31.0. The Morgan fingerprint density at radius 2 is 2.04 bits per heavy atom. The van der Waals surface area contributed by atoms with Gasteiger partial charge in [0, 0.05) is 33.2 Å². The van der Waals surface area contributed by atoms with Crippen molar-refractivity contribution in [2.24, 2.45) is 20.0 Å². The van der Waals surface area contributed by atoms with E-state index in [4.69, 9.17) is 0 Å². The van der Waals surface area contributed by atoms with Gasteiger partial charge < -0.3 is 14.6 Å². The van der Waals surface area contributed by atoms with Gasteiger partial charge in [-0.2, -0.15) is 0 Å². The molecule has 1 aliphatic rings. The number of aromatic nitrogens is 4. The van der Waals surface area contributed by atoms with Gasteiger partial charge in [0.1, 0.15) is 6.54 Å². The number of nitrogens with one attached hydrogen (secondary N) is 1. The van der Waals surface area contributed by atoms with Crippen LogP contribution in [0.4, 0.5) is 0 Å². The maximum Gasteiger partial charge on any atom is 0.332 e. The quantitative estimate of drug-likeness (QED) is 0.697. The first-order valence-corrected chi connectivity index (χ1v) is 9.03. The normalized spacial score (nSPS) is 21.1. The van der Waals surface area contributed by atoms with Crippen LogP contribution in [-0.2, 0) is 27.2 Å². The zero-order chi connectivity index (χ0) is 18.1. The second kappa shape index (κ2) is 7.13. The Morgan fingerprint density at radius 1 is 1.28 bits per heavy atom. The van der Waals surface area contributed by atoms with E-state index in [9.17, 15) is 14.7 Å². The van der Waals surface area contributed by atoms with Crippen molar-refractivity contribution in [2.75, 3.05) is 19.7 Å². The third kappa shape index (κ3) is 3.28. The maximum atomic E-state index is 12.7. The van der Waals surface area contributed by atoms with Crippen molar-refractivity contribution in [2.45, 2.75) is 39.3 Å². The number of likely N-dealkylation sites (tertiary alicyclic amines) is 1. The summed E-state index contributed by atoms with van der Waals surface area (Å²) >= 11 is 0. The number of aryl methyl sites for hydroxylation is 2. The van der Waals surface area contributed by atoms with Gasteiger partial charge in [0.15, 0.2) is 17.0 Å². The number of fused-ring (bicyclic) bond motifs is 1. The summed E-state index contributed by atoms with van der Waals surface area (Å²) in [6.07, 6.45) is 3.02. The van der Waals surface area contributed by atoms with Gasteiger partial charge in [-0.05, 0) is 19.3 Å². The molecule has 25 heavy (non-hydrogen) atoms. The van der Waals surface area contributed by atoms with Gasteiger partial charge in [0.05, 0.1) is 13.1 Å². The number of aliphatic hydroxyl groups excluding tert-OH is 1. The Labute approximate surface area is 146 Å². The minimum Gasteiger partial charge on any atom is -0.396 e. The Balaban J connectivity index is 2.10. The predicted octanol–water partition coefficient (Wildman–Crippen LogP) is -1.37. The molecule has 0 aliphatic carbocycles. The Morgan fingerprint density at radius 3 is 2.72 bits per heavy atom. The second-order valence-electron chi connectivity index (χ2n) is 7.26. The molecule has 0 radical (unpaired) electrons. The van der Waals surface area contributed by atoms with E-state index in [1.165, 1.54) is 29.4 Å². The zero-order valence-corrected chi connectivity index (χ0v) is 15.3. The van der Waals surface area contributed by atoms with Crippen LogP contribution in [0.5, 0.6) is 0 Å². The standard InChI is InChI=1S/C17H27N5O3/c1-12-6-4-7-21(10-12)11-13-18-15-14(22(13)8-5-9-23)16(24)20(3)17(25)19(15)2/h12,23H,4-11H2,1-3H3/p+1/t12-/m0/s1. The zero-order valence-electron chi connectivity index (χ0n) is 15.3. The lowest BCUT2D eigenvalue weighted by Gasteiger charge is -2.27. The molecule has 0 spiro atoms. The van der Waals surface area contributed by atoms with Gasteiger partial charge in [-0.25, -0.2) is 9.78 Å². The molecule has 2 atom stereocenters. The van der Waals surface area contributed by atoms with Crippen LogP contribution in [0.15, 0.2) is 9.59 Å². The Kier molecular flexibility index (Phi) is 5.10. The average Bonchev–Trinajstić information content (AvgIpc) is 2.94. The molecule has 2 N–H and O–H groups in total. The molecular weight excluding hydrogens is 322 g/mol. The number of imidazole rings is 1. The van der Waals surface area contributed by atoms with E-state index < -0.39 is 0 Å². The molecule has 3 rings (SSSR count). The van der Waals surface area contributed by atoms with E-state index in [0.717, 1.165) is 30.0 Å². The summed E-state index contributed by atoms with van der Waals surface area (Å²) in [7, 11) is 3.14. The minimum absolute atomic E-state index is 0.0544. The smallest absolute Gasteiger partial charge is 0.332 e. The molecule has 1 unspecified atom stereocenters. The highest BCUT2D eigenvalue weighted by Gasteiger charge is 2.25. The third-order valence-electron chi connectivity index (χ3n) is 5.24. The maximum absolute atomic E-state index is 12.7. The van der Waals surface area contributed by atoms with Crippen LogP contribution in [-0.4, -0.2) is 43.5 Å². The van der Waals surface area contributed by atoms with Gasteiger partial charge in [-0.15, -0.1) is 0 Å². The van der Waals surface area contributed by atoms with Crippen molar-refractivity contribution in [3.05, 3.63) is 26.7 Å². The largest absolute Gasteiger partial charge is 0.396 e. The molecule has 8 nitrogen and oxygen atoms in total. The van der Waals surface area contributed by atoms with Gasteiger partial charge in [-0.1, -0.05) is 6.92 Å². The summed E-state index contributed by atoms with van der Waals surface area (Å²) in [6, 6.07) is 0. The highest BCUT2D eigenvalue weighted by Crippen LogP contribution is 2.12. The SMILES string of the molecule is C[C@H]1CCC[NH+](Cc2nc3c(c(=O)n(C)c(=O)n3C)n2CCCO)C1. The minimum atomic E-state index is -0.366. The van der Waals surface area contributed by atoms with Crippen LogP contribution >= 0.6 is 0 Å². The van der Waals surface area contributed by atoms with Crippen molar-refractivity contribution in [1.82, 2.24) is 18.7 Å². The van der Waals surface area contributed by atoms with Gasteiger partial charge >= 0.3 is 5.69 Å². The van der Waals surface area contributed by atoms with Crippen molar-refractivity contribution < 1.29 is 10.0 Å². The van der Waals surface area contributed by atoms with Crippen LogP contribution < -0.4 is 16.1 Å². The number of hydrogen-bond donors (Lipinski definition) is 2. The van der Waals surface area contributed by atoms with E-state index in [1.807, 2.05) is 4.57 Å². The fourth-order valence-electron chi connectivity index (χ4n) is 3.88. The summed E-state index contributed by atoms with van der Waals surface area (Å²) in [5.41, 5.74) is 0.203. The van der Waals surface area contributed by atoms with Crippen LogP contribution in [0.25, 0.3) is 11.2 Å². The molecular formula is C17H28N5O3+. The van der Waals surface area contributed by atoms with E-state index in [-0.39, 0.29) is 17.9 Å². The first-order valence-electron chi connectivity index (χ1n) is 9.03. The van der Waals surface area contributed by atoms with Gasteiger partial charge in [-0.3, -0.25) is 13.9 Å². The fourth-order valence-corrected chi connectivity index (χ4v) is 3.88. The number of rotatable bonds is 5. The van der Waals surface area contributed by atoms with Crippen LogP contribution in [0.3, 0.4) is 0 Å². The van der Waals surface area contributed by atoms with Crippen molar-refractivity contribution >= 4 is 11.2 Å². The topological polar surface area (TPSA) is 86.5 Å². The summed E-state index contributed by atoms with van der Waals surface area (Å²) in [5.74, 6) is 1.52. The molecule has 1 saturated heterocycles. The lowest BCUT2D eigenvalue weighted by Crippen LogP contribution is -3.12. The molecule has 0 amide bonds. The van der Waals surface area contributed by atoms with Gasteiger partial charge in [0.2, 0.25) is 0 Å². The molecule has 1 aliphatic heterocycles. The van der Waals surface area contributed by atoms with Crippen molar-refractivity contribution in [3.8, 4) is 0 Å². The molecule has 2 aromatic rings. The Hall–Kier alpha value is -1.93. The van der Waals surface area contributed by atoms with Crippen molar-refractivity contribution in [3.63, 3.8) is 0 Å². The van der Waals surface area contributed by atoms with E-state index in [0.29, 0.717) is 30.0 Å². The molecule has 3 heterocycles. The molecule has 2 aromatic heterocycles. The first kappa shape index (κ1) is 17.9. The van der Waals surface area contributed by atoms with Crippen LogP contribution in [0.2, 0.25) is 0 Å². The van der Waals surface area contributed by atoms with Crippen molar-refractivity contribution in [1.29, 1.82) is 0 Å². The molecule has 0 bridgehead atoms.